The van der Waals surface area contributed by atoms with Crippen LogP contribution < -0.4 is 45.7 Å². The molecule has 2 aliphatic rings. The first-order valence-corrected chi connectivity index (χ1v) is 11.3. The number of hydrogen-bond donors (Lipinski definition) is 2. The summed E-state index contributed by atoms with van der Waals surface area (Å²) in [5.74, 6) is -2.15. The molecule has 2 amide bonds. The van der Waals surface area contributed by atoms with Gasteiger partial charge in [0.2, 0.25) is 5.91 Å². The van der Waals surface area contributed by atoms with E-state index in [4.69, 9.17) is 28.9 Å². The number of fused-ring (bicyclic) bond motifs is 1. The minimum Gasteiger partial charge on any atom is -0.548 e. The van der Waals surface area contributed by atoms with Crippen molar-refractivity contribution in [1.82, 2.24) is 15.2 Å². The number of rotatable bonds is 5. The Morgan fingerprint density at radius 2 is 2.00 bits per heavy atom. The summed E-state index contributed by atoms with van der Waals surface area (Å²) in [6.07, 6.45) is 1.49. The van der Waals surface area contributed by atoms with Crippen molar-refractivity contribution in [3.8, 4) is 0 Å². The van der Waals surface area contributed by atoms with Gasteiger partial charge in [-0.15, -0.1) is 23.1 Å². The van der Waals surface area contributed by atoms with Gasteiger partial charge in [-0.25, -0.2) is 4.98 Å². The molecule has 3 N–H and O–H groups in total. The number of β-lactam (4-membered cyclic amide) rings is 1. The molecular formula is C18H13Cl2N4NaO4S2. The molecule has 0 radical (unpaired) electrons. The van der Waals surface area contributed by atoms with E-state index in [0.29, 0.717) is 21.3 Å². The number of carbonyl (C=O) groups is 3. The molecule has 2 fully saturated rings. The van der Waals surface area contributed by atoms with Gasteiger partial charge in [0.25, 0.3) is 5.91 Å². The molecule has 8 nitrogen and oxygen atoms in total. The third kappa shape index (κ3) is 4.61. The number of halogens is 2. The molecule has 0 aliphatic carbocycles. The minimum atomic E-state index is -1.31. The Bertz CT molecular complexity index is 1080. The summed E-state index contributed by atoms with van der Waals surface area (Å²) in [6, 6.07) is 3.10. The predicted octanol–water partition coefficient (Wildman–Crippen LogP) is -1.90. The fourth-order valence-corrected chi connectivity index (χ4v) is 5.79. The molecule has 13 heteroatoms. The minimum absolute atomic E-state index is 0. The van der Waals surface area contributed by atoms with Gasteiger partial charge in [0, 0.05) is 26.7 Å². The number of carboxylic acids is 1. The summed E-state index contributed by atoms with van der Waals surface area (Å²) >= 11 is 14.9. The quantitative estimate of drug-likeness (QED) is 0.275. The zero-order chi connectivity index (χ0) is 21.6. The fourth-order valence-electron chi connectivity index (χ4n) is 3.26. The van der Waals surface area contributed by atoms with Gasteiger partial charge in [0.1, 0.15) is 11.4 Å². The van der Waals surface area contributed by atoms with Crippen LogP contribution in [0, 0.1) is 0 Å². The van der Waals surface area contributed by atoms with Crippen molar-refractivity contribution in [2.75, 3.05) is 11.5 Å². The molecule has 31 heavy (non-hydrogen) atoms. The molecule has 2 aliphatic heterocycles. The number of anilines is 1. The van der Waals surface area contributed by atoms with E-state index in [-0.39, 0.29) is 46.0 Å². The van der Waals surface area contributed by atoms with Crippen LogP contribution in [0.5, 0.6) is 0 Å². The maximum absolute atomic E-state index is 13.1. The number of aliphatic carboxylic acids is 1. The average molecular weight is 507 g/mol. The van der Waals surface area contributed by atoms with Crippen LogP contribution in [0.15, 0.2) is 23.6 Å². The number of nitrogen functional groups attached to an aromatic ring is 1. The van der Waals surface area contributed by atoms with Gasteiger partial charge in [-0.05, 0) is 18.2 Å². The topological polar surface area (TPSA) is 128 Å². The molecule has 156 valence electrons. The molecule has 1 aromatic carbocycles. The smallest absolute Gasteiger partial charge is 0.548 e. The van der Waals surface area contributed by atoms with Crippen molar-refractivity contribution in [2.45, 2.75) is 17.5 Å². The Labute approximate surface area is 217 Å². The van der Waals surface area contributed by atoms with E-state index in [0.717, 1.165) is 11.3 Å². The summed E-state index contributed by atoms with van der Waals surface area (Å²) < 4.78 is 0. The number of benzene rings is 1. The molecule has 3 unspecified atom stereocenters. The monoisotopic (exact) mass is 506 g/mol. The Balaban J connectivity index is 0.00000272. The van der Waals surface area contributed by atoms with Crippen molar-refractivity contribution in [3.05, 3.63) is 44.9 Å². The van der Waals surface area contributed by atoms with Crippen LogP contribution in [-0.4, -0.2) is 50.9 Å². The number of hydrogen-bond acceptors (Lipinski definition) is 8. The second kappa shape index (κ2) is 9.70. The third-order valence-electron chi connectivity index (χ3n) is 4.73. The molecule has 1 aromatic heterocycles. The molecular weight excluding hydrogens is 494 g/mol. The van der Waals surface area contributed by atoms with Crippen LogP contribution in [0.1, 0.15) is 11.3 Å². The van der Waals surface area contributed by atoms with Crippen molar-refractivity contribution < 1.29 is 49.0 Å². The van der Waals surface area contributed by atoms with Crippen molar-refractivity contribution >= 4 is 80.9 Å². The van der Waals surface area contributed by atoms with E-state index in [9.17, 15) is 19.5 Å². The number of nitrogens with one attached hydrogen (secondary N) is 1. The zero-order valence-electron chi connectivity index (χ0n) is 16.0. The number of thioether (sulfide) groups is 1. The number of thiazole rings is 1. The van der Waals surface area contributed by atoms with Gasteiger partial charge in [-0.3, -0.25) is 9.59 Å². The molecule has 0 saturated carbocycles. The molecule has 2 saturated heterocycles. The van der Waals surface area contributed by atoms with Crippen LogP contribution in [0.4, 0.5) is 5.13 Å². The predicted molar refractivity (Wildman–Crippen MR) is 115 cm³/mol. The standard InChI is InChI=1S/C18H14Cl2N4O4S2.Na/c19-9-2-1-3-10(20)7(9)4-8(11-5-30-18(21)22-11)14(25)23-13-15(26)24-12(17(27)28)6-29-16(13)24;/h1-5,12-13,16H,6H2,(H2,21,22)(H,23,25)(H,27,28);/q;+1/p-1/b8-4-;. The summed E-state index contributed by atoms with van der Waals surface area (Å²) in [7, 11) is 0. The van der Waals surface area contributed by atoms with Crippen molar-refractivity contribution in [3.63, 3.8) is 0 Å². The van der Waals surface area contributed by atoms with Crippen LogP contribution >= 0.6 is 46.3 Å². The van der Waals surface area contributed by atoms with Gasteiger partial charge >= 0.3 is 29.6 Å². The number of nitrogens with two attached hydrogens (primary N) is 1. The molecule has 0 bridgehead atoms. The number of amides is 2. The molecule has 4 rings (SSSR count). The normalized spacial score (nSPS) is 22.4. The summed E-state index contributed by atoms with van der Waals surface area (Å²) in [5, 5.41) is 15.9. The maximum Gasteiger partial charge on any atom is 1.00 e. The van der Waals surface area contributed by atoms with Crippen LogP contribution in [0.25, 0.3) is 11.6 Å². The summed E-state index contributed by atoms with van der Waals surface area (Å²) in [5.41, 5.74) is 6.57. The second-order valence-electron chi connectivity index (χ2n) is 6.52. The fraction of sp³-hybridized carbons (Fsp3) is 0.222. The van der Waals surface area contributed by atoms with Crippen LogP contribution in [0.2, 0.25) is 10.0 Å². The van der Waals surface area contributed by atoms with Gasteiger partial charge in [0.15, 0.2) is 5.13 Å². The van der Waals surface area contributed by atoms with Crippen molar-refractivity contribution in [1.29, 1.82) is 0 Å². The Morgan fingerprint density at radius 3 is 2.58 bits per heavy atom. The van der Waals surface area contributed by atoms with Gasteiger partial charge < -0.3 is 25.9 Å². The third-order valence-corrected chi connectivity index (χ3v) is 7.41. The first-order chi connectivity index (χ1) is 14.3. The van der Waals surface area contributed by atoms with E-state index in [1.54, 1.807) is 23.6 Å². The van der Waals surface area contributed by atoms with E-state index >= 15 is 0 Å². The van der Waals surface area contributed by atoms with Crippen molar-refractivity contribution in [2.24, 2.45) is 0 Å². The Kier molecular flexibility index (Phi) is 7.62. The van der Waals surface area contributed by atoms with E-state index < -0.39 is 35.2 Å². The van der Waals surface area contributed by atoms with E-state index in [1.807, 2.05) is 0 Å². The zero-order valence-corrected chi connectivity index (χ0v) is 21.1. The van der Waals surface area contributed by atoms with Crippen LogP contribution in [-0.2, 0) is 14.4 Å². The molecule has 3 heterocycles. The summed E-state index contributed by atoms with van der Waals surface area (Å²) in [4.78, 5) is 42.1. The number of nitrogens with zero attached hydrogens (tertiary/aromatic N) is 2. The van der Waals surface area contributed by atoms with Crippen LogP contribution in [0.3, 0.4) is 0 Å². The first-order valence-electron chi connectivity index (χ1n) is 8.60. The molecule has 0 spiro atoms. The maximum atomic E-state index is 13.1. The van der Waals surface area contributed by atoms with Gasteiger partial charge in [0.05, 0.1) is 23.3 Å². The SMILES string of the molecule is Nc1nc(/C(=C/c2c(Cl)cccc2Cl)C(=O)NC2C(=O)N3C(C(=O)[O-])CSC23)cs1.[Na+]. The van der Waals surface area contributed by atoms with Gasteiger partial charge in [-0.1, -0.05) is 29.3 Å². The Morgan fingerprint density at radius 1 is 1.32 bits per heavy atom. The van der Waals surface area contributed by atoms with E-state index in [1.165, 1.54) is 22.7 Å². The summed E-state index contributed by atoms with van der Waals surface area (Å²) in [6.45, 7) is 0. The number of carbonyl (C=O) groups excluding carboxylic acids is 3. The Hall–Kier alpha value is -1.27. The largest absolute Gasteiger partial charge is 1.00 e. The molecule has 2 aromatic rings. The first kappa shape index (κ1) is 24.4. The number of carboxylic acid groups (broad SMARTS) is 1. The van der Waals surface area contributed by atoms with Gasteiger partial charge in [-0.2, -0.15) is 0 Å². The van der Waals surface area contributed by atoms with E-state index in [2.05, 4.69) is 10.3 Å². The second-order valence-corrected chi connectivity index (χ2v) is 9.37. The number of aromatic nitrogens is 1. The average Bonchev–Trinajstić information content (AvgIpc) is 3.30. The molecule has 3 atom stereocenters.